The maximum absolute atomic E-state index is 12.0. The second-order valence-electron chi connectivity index (χ2n) is 5.86. The Balaban J connectivity index is 1.84. The van der Waals surface area contributed by atoms with Crippen molar-refractivity contribution in [2.24, 2.45) is 0 Å². The molecule has 1 amide bonds. The number of unbranched alkanes of at least 4 members (excludes halogenated alkanes) is 1. The third-order valence-corrected chi connectivity index (χ3v) is 3.87. The summed E-state index contributed by atoms with van der Waals surface area (Å²) in [5.41, 5.74) is 2.37. The minimum Gasteiger partial charge on any atom is -0.478 e. The number of carbonyl (C=O) groups excluding carboxylic acids is 1. The van der Waals surface area contributed by atoms with Gasteiger partial charge in [0.1, 0.15) is 17.1 Å². The first kappa shape index (κ1) is 17.8. The number of amides is 1. The molecule has 0 spiro atoms. The van der Waals surface area contributed by atoms with Gasteiger partial charge in [0, 0.05) is 0 Å². The molecule has 0 fully saturated rings. The fraction of sp³-hybridized carbons (Fsp3) is 0.368. The number of nitrogens with one attached hydrogen (secondary N) is 1. The van der Waals surface area contributed by atoms with Gasteiger partial charge in [-0.25, -0.2) is 4.79 Å². The zero-order valence-corrected chi connectivity index (χ0v) is 14.1. The molecule has 0 saturated carbocycles. The molecule has 1 aromatic heterocycles. The van der Waals surface area contributed by atoms with Crippen molar-refractivity contribution in [2.75, 3.05) is 0 Å². The van der Waals surface area contributed by atoms with Gasteiger partial charge in [0.15, 0.2) is 0 Å². The number of benzene rings is 1. The summed E-state index contributed by atoms with van der Waals surface area (Å²) < 4.78 is 5.33. The van der Waals surface area contributed by atoms with Gasteiger partial charge in [-0.3, -0.25) is 4.79 Å². The Morgan fingerprint density at radius 1 is 1.17 bits per heavy atom. The Morgan fingerprint density at radius 3 is 2.42 bits per heavy atom. The van der Waals surface area contributed by atoms with Crippen molar-refractivity contribution in [3.63, 3.8) is 0 Å². The van der Waals surface area contributed by atoms with Crippen molar-refractivity contribution in [3.05, 3.63) is 58.5 Å². The lowest BCUT2D eigenvalue weighted by Crippen LogP contribution is -2.24. The van der Waals surface area contributed by atoms with E-state index in [1.807, 2.05) is 12.1 Å². The van der Waals surface area contributed by atoms with Crippen LogP contribution >= 0.6 is 0 Å². The highest BCUT2D eigenvalue weighted by Crippen LogP contribution is 2.14. The van der Waals surface area contributed by atoms with Crippen LogP contribution in [0.4, 0.5) is 0 Å². The van der Waals surface area contributed by atoms with E-state index in [1.54, 1.807) is 6.92 Å². The first-order valence-corrected chi connectivity index (χ1v) is 8.16. The van der Waals surface area contributed by atoms with E-state index in [0.717, 1.165) is 12.0 Å². The highest BCUT2D eigenvalue weighted by molar-refractivity contribution is 5.88. The molecule has 24 heavy (non-hydrogen) atoms. The fourth-order valence-corrected chi connectivity index (χ4v) is 2.48. The molecular weight excluding hydrogens is 306 g/mol. The number of aryl methyl sites for hydroxylation is 2. The van der Waals surface area contributed by atoms with E-state index in [-0.39, 0.29) is 18.0 Å². The monoisotopic (exact) mass is 329 g/mol. The number of carboxylic acids is 1. The van der Waals surface area contributed by atoms with Crippen LogP contribution in [0.2, 0.25) is 0 Å². The molecule has 0 aliphatic heterocycles. The van der Waals surface area contributed by atoms with E-state index < -0.39 is 5.97 Å². The Morgan fingerprint density at radius 2 is 1.83 bits per heavy atom. The summed E-state index contributed by atoms with van der Waals surface area (Å²) in [7, 11) is 0. The van der Waals surface area contributed by atoms with Crippen LogP contribution in [0.1, 0.15) is 52.8 Å². The third-order valence-electron chi connectivity index (χ3n) is 3.87. The Kier molecular flexibility index (Phi) is 6.18. The molecule has 5 heteroatoms. The molecular formula is C19H23NO4. The van der Waals surface area contributed by atoms with Gasteiger partial charge in [0.2, 0.25) is 5.91 Å². The van der Waals surface area contributed by atoms with Crippen LogP contribution in [0, 0.1) is 6.92 Å². The zero-order chi connectivity index (χ0) is 17.5. The predicted octanol–water partition coefficient (Wildman–Crippen LogP) is 3.49. The Bertz CT molecular complexity index is 701. The normalized spacial score (nSPS) is 10.6. The van der Waals surface area contributed by atoms with Crippen molar-refractivity contribution >= 4 is 11.9 Å². The van der Waals surface area contributed by atoms with Crippen molar-refractivity contribution in [1.29, 1.82) is 0 Å². The quantitative estimate of drug-likeness (QED) is 0.777. The van der Waals surface area contributed by atoms with Gasteiger partial charge in [0.05, 0.1) is 13.0 Å². The average Bonchev–Trinajstić information content (AvgIpc) is 2.93. The first-order chi connectivity index (χ1) is 11.5. The number of hydrogen-bond donors (Lipinski definition) is 2. The summed E-state index contributed by atoms with van der Waals surface area (Å²) in [4.78, 5) is 23.0. The maximum atomic E-state index is 12.0. The molecule has 2 rings (SSSR count). The zero-order valence-electron chi connectivity index (χ0n) is 14.1. The summed E-state index contributed by atoms with van der Waals surface area (Å²) in [6.45, 7) is 3.94. The number of furan rings is 1. The van der Waals surface area contributed by atoms with Gasteiger partial charge < -0.3 is 14.8 Å². The van der Waals surface area contributed by atoms with Crippen LogP contribution in [-0.4, -0.2) is 17.0 Å². The number of carbonyl (C=O) groups is 2. The highest BCUT2D eigenvalue weighted by Gasteiger charge is 2.14. The smallest absolute Gasteiger partial charge is 0.339 e. The standard InChI is InChI=1S/C19H23NO4/c1-3-4-5-14-6-8-15(9-7-14)10-18(21)20-12-16-11-17(19(22)23)13(2)24-16/h6-9,11H,3-5,10,12H2,1-2H3,(H,20,21)(H,22,23). The number of hydrogen-bond acceptors (Lipinski definition) is 3. The number of rotatable bonds is 8. The van der Waals surface area contributed by atoms with Crippen LogP contribution in [0.5, 0.6) is 0 Å². The van der Waals surface area contributed by atoms with Crippen LogP contribution in [0.3, 0.4) is 0 Å². The van der Waals surface area contributed by atoms with Gasteiger partial charge >= 0.3 is 5.97 Å². The fourth-order valence-electron chi connectivity index (χ4n) is 2.48. The molecule has 0 unspecified atom stereocenters. The molecule has 2 N–H and O–H groups in total. The molecule has 0 saturated heterocycles. The summed E-state index contributed by atoms with van der Waals surface area (Å²) in [6.07, 6.45) is 3.69. The lowest BCUT2D eigenvalue weighted by atomic mass is 10.0. The molecule has 0 bridgehead atoms. The van der Waals surface area contributed by atoms with E-state index in [0.29, 0.717) is 17.9 Å². The summed E-state index contributed by atoms with van der Waals surface area (Å²) in [6, 6.07) is 9.52. The van der Waals surface area contributed by atoms with Gasteiger partial charge in [-0.1, -0.05) is 37.6 Å². The van der Waals surface area contributed by atoms with Crippen LogP contribution < -0.4 is 5.32 Å². The minimum atomic E-state index is -1.03. The second-order valence-corrected chi connectivity index (χ2v) is 5.86. The molecule has 5 nitrogen and oxygen atoms in total. The SMILES string of the molecule is CCCCc1ccc(CC(=O)NCc2cc(C(=O)O)c(C)o2)cc1. The first-order valence-electron chi connectivity index (χ1n) is 8.16. The van der Waals surface area contributed by atoms with E-state index in [1.165, 1.54) is 24.5 Å². The van der Waals surface area contributed by atoms with Crippen LogP contribution in [0.15, 0.2) is 34.7 Å². The van der Waals surface area contributed by atoms with E-state index in [9.17, 15) is 9.59 Å². The van der Waals surface area contributed by atoms with Gasteiger partial charge in [0.25, 0.3) is 0 Å². The molecule has 2 aromatic rings. The second kappa shape index (κ2) is 8.34. The maximum Gasteiger partial charge on any atom is 0.339 e. The van der Waals surface area contributed by atoms with E-state index in [4.69, 9.17) is 9.52 Å². The van der Waals surface area contributed by atoms with Gasteiger partial charge in [-0.05, 0) is 37.0 Å². The molecule has 0 atom stereocenters. The summed E-state index contributed by atoms with van der Waals surface area (Å²) in [5, 5.41) is 11.7. The lowest BCUT2D eigenvalue weighted by Gasteiger charge is -2.05. The van der Waals surface area contributed by atoms with E-state index >= 15 is 0 Å². The van der Waals surface area contributed by atoms with Gasteiger partial charge in [-0.15, -0.1) is 0 Å². The van der Waals surface area contributed by atoms with Crippen molar-refractivity contribution in [1.82, 2.24) is 5.32 Å². The molecule has 128 valence electrons. The van der Waals surface area contributed by atoms with Crippen molar-refractivity contribution in [2.45, 2.75) is 46.1 Å². The average molecular weight is 329 g/mol. The van der Waals surface area contributed by atoms with E-state index in [2.05, 4.69) is 24.4 Å². The van der Waals surface area contributed by atoms with Gasteiger partial charge in [-0.2, -0.15) is 0 Å². The summed E-state index contributed by atoms with van der Waals surface area (Å²) >= 11 is 0. The van der Waals surface area contributed by atoms with Crippen molar-refractivity contribution in [3.8, 4) is 0 Å². The highest BCUT2D eigenvalue weighted by atomic mass is 16.4. The molecule has 1 heterocycles. The largest absolute Gasteiger partial charge is 0.478 e. The molecule has 0 radical (unpaired) electrons. The topological polar surface area (TPSA) is 79.5 Å². The van der Waals surface area contributed by atoms with Crippen molar-refractivity contribution < 1.29 is 19.1 Å². The lowest BCUT2D eigenvalue weighted by molar-refractivity contribution is -0.120. The molecule has 0 aliphatic rings. The van der Waals surface area contributed by atoms with Crippen LogP contribution in [0.25, 0.3) is 0 Å². The number of carboxylic acid groups (broad SMARTS) is 1. The van der Waals surface area contributed by atoms with Crippen LogP contribution in [-0.2, 0) is 24.2 Å². The molecule has 1 aromatic carbocycles. The predicted molar refractivity (Wildman–Crippen MR) is 91.0 cm³/mol. The Hall–Kier alpha value is -2.56. The minimum absolute atomic E-state index is 0.123. The molecule has 0 aliphatic carbocycles. The Labute approximate surface area is 141 Å². The number of aromatic carboxylic acids is 1. The third kappa shape index (κ3) is 4.98. The summed E-state index contributed by atoms with van der Waals surface area (Å²) in [5.74, 6) is -0.373.